The van der Waals surface area contributed by atoms with E-state index < -0.39 is 5.97 Å². The standard InChI is InChI=1S/C15H20O3/c16-15(17)9-7-12-6-8-14(10-12)18-11-13-4-2-1-3-5-13/h1-5,12,14H,6-11H2,(H,16,17). The van der Waals surface area contributed by atoms with E-state index in [0.717, 1.165) is 25.7 Å². The Balaban J connectivity index is 1.68. The molecular formula is C15H20O3. The Hall–Kier alpha value is -1.35. The Labute approximate surface area is 108 Å². The van der Waals surface area contributed by atoms with Gasteiger partial charge in [0, 0.05) is 6.42 Å². The van der Waals surface area contributed by atoms with Crippen molar-refractivity contribution in [3.8, 4) is 0 Å². The van der Waals surface area contributed by atoms with Crippen LogP contribution < -0.4 is 0 Å². The van der Waals surface area contributed by atoms with Crippen molar-refractivity contribution in [2.24, 2.45) is 5.92 Å². The van der Waals surface area contributed by atoms with Gasteiger partial charge in [-0.15, -0.1) is 0 Å². The monoisotopic (exact) mass is 248 g/mol. The smallest absolute Gasteiger partial charge is 0.303 e. The van der Waals surface area contributed by atoms with E-state index in [9.17, 15) is 4.79 Å². The van der Waals surface area contributed by atoms with E-state index >= 15 is 0 Å². The molecule has 0 aromatic heterocycles. The van der Waals surface area contributed by atoms with Crippen molar-refractivity contribution in [1.82, 2.24) is 0 Å². The Morgan fingerprint density at radius 3 is 2.78 bits per heavy atom. The van der Waals surface area contributed by atoms with Crippen molar-refractivity contribution in [1.29, 1.82) is 0 Å². The minimum atomic E-state index is -0.691. The van der Waals surface area contributed by atoms with Gasteiger partial charge in [-0.2, -0.15) is 0 Å². The normalized spacial score (nSPS) is 23.1. The van der Waals surface area contributed by atoms with Gasteiger partial charge in [0.2, 0.25) is 0 Å². The van der Waals surface area contributed by atoms with Crippen LogP contribution in [0.2, 0.25) is 0 Å². The highest BCUT2D eigenvalue weighted by Gasteiger charge is 2.25. The highest BCUT2D eigenvalue weighted by molar-refractivity contribution is 5.66. The molecule has 0 heterocycles. The number of aliphatic carboxylic acids is 1. The molecule has 18 heavy (non-hydrogen) atoms. The largest absolute Gasteiger partial charge is 0.481 e. The second kappa shape index (κ2) is 6.55. The molecule has 3 heteroatoms. The van der Waals surface area contributed by atoms with Crippen molar-refractivity contribution in [3.05, 3.63) is 35.9 Å². The van der Waals surface area contributed by atoms with E-state index in [4.69, 9.17) is 9.84 Å². The summed E-state index contributed by atoms with van der Waals surface area (Å²) in [6, 6.07) is 10.2. The van der Waals surface area contributed by atoms with Gasteiger partial charge in [-0.25, -0.2) is 0 Å². The number of hydrogen-bond acceptors (Lipinski definition) is 2. The first-order valence-electron chi connectivity index (χ1n) is 6.61. The van der Waals surface area contributed by atoms with E-state index in [0.29, 0.717) is 18.6 Å². The second-order valence-corrected chi connectivity index (χ2v) is 5.03. The predicted octanol–water partition coefficient (Wildman–Crippen LogP) is 3.24. The van der Waals surface area contributed by atoms with E-state index in [-0.39, 0.29) is 6.42 Å². The zero-order chi connectivity index (χ0) is 12.8. The van der Waals surface area contributed by atoms with Gasteiger partial charge < -0.3 is 9.84 Å². The molecule has 1 aliphatic rings. The summed E-state index contributed by atoms with van der Waals surface area (Å²) in [4.78, 5) is 10.5. The Morgan fingerprint density at radius 1 is 1.28 bits per heavy atom. The molecule has 2 atom stereocenters. The first-order valence-corrected chi connectivity index (χ1v) is 6.61. The number of ether oxygens (including phenoxy) is 1. The van der Waals surface area contributed by atoms with Gasteiger partial charge in [0.1, 0.15) is 0 Å². The fourth-order valence-corrected chi connectivity index (χ4v) is 2.56. The molecule has 0 amide bonds. The van der Waals surface area contributed by atoms with Crippen LogP contribution in [-0.2, 0) is 16.1 Å². The van der Waals surface area contributed by atoms with Crippen LogP contribution in [-0.4, -0.2) is 17.2 Å². The summed E-state index contributed by atoms with van der Waals surface area (Å²) in [5, 5.41) is 8.66. The van der Waals surface area contributed by atoms with Gasteiger partial charge in [-0.3, -0.25) is 4.79 Å². The van der Waals surface area contributed by atoms with Crippen molar-refractivity contribution < 1.29 is 14.6 Å². The third-order valence-corrected chi connectivity index (χ3v) is 3.59. The van der Waals surface area contributed by atoms with Crippen LogP contribution in [0.1, 0.15) is 37.7 Å². The number of benzene rings is 1. The van der Waals surface area contributed by atoms with Crippen molar-refractivity contribution in [2.75, 3.05) is 0 Å². The van der Waals surface area contributed by atoms with Crippen LogP contribution in [0, 0.1) is 5.92 Å². The van der Waals surface area contributed by atoms with Gasteiger partial charge in [0.05, 0.1) is 12.7 Å². The molecule has 0 saturated heterocycles. The van der Waals surface area contributed by atoms with E-state index in [2.05, 4.69) is 12.1 Å². The summed E-state index contributed by atoms with van der Waals surface area (Å²) in [5.41, 5.74) is 1.20. The molecule has 1 aromatic rings. The highest BCUT2D eigenvalue weighted by atomic mass is 16.5. The molecule has 0 spiro atoms. The van der Waals surface area contributed by atoms with E-state index in [1.54, 1.807) is 0 Å². The lowest BCUT2D eigenvalue weighted by atomic mass is 10.0. The number of carboxylic acid groups (broad SMARTS) is 1. The maximum Gasteiger partial charge on any atom is 0.303 e. The van der Waals surface area contributed by atoms with Crippen molar-refractivity contribution in [2.45, 2.75) is 44.8 Å². The Kier molecular flexibility index (Phi) is 4.76. The first-order chi connectivity index (χ1) is 8.74. The lowest BCUT2D eigenvalue weighted by molar-refractivity contribution is -0.137. The molecule has 2 unspecified atom stereocenters. The van der Waals surface area contributed by atoms with Crippen molar-refractivity contribution in [3.63, 3.8) is 0 Å². The van der Waals surface area contributed by atoms with Gasteiger partial charge in [0.15, 0.2) is 0 Å². The first kappa shape index (κ1) is 13.1. The fourth-order valence-electron chi connectivity index (χ4n) is 2.56. The zero-order valence-electron chi connectivity index (χ0n) is 10.5. The fraction of sp³-hybridized carbons (Fsp3) is 0.533. The minimum Gasteiger partial charge on any atom is -0.481 e. The van der Waals surface area contributed by atoms with E-state index in [1.807, 2.05) is 18.2 Å². The minimum absolute atomic E-state index is 0.288. The average Bonchev–Trinajstić information content (AvgIpc) is 2.83. The van der Waals surface area contributed by atoms with Crippen LogP contribution in [0.4, 0.5) is 0 Å². The summed E-state index contributed by atoms with van der Waals surface area (Å²) in [6.45, 7) is 0.664. The molecule has 1 saturated carbocycles. The lowest BCUT2D eigenvalue weighted by Crippen LogP contribution is -2.09. The molecule has 1 N–H and O–H groups in total. The Morgan fingerprint density at radius 2 is 2.06 bits per heavy atom. The van der Waals surface area contributed by atoms with Gasteiger partial charge in [-0.05, 0) is 37.2 Å². The third-order valence-electron chi connectivity index (χ3n) is 3.59. The van der Waals surface area contributed by atoms with Crippen LogP contribution in [0.3, 0.4) is 0 Å². The number of carbonyl (C=O) groups is 1. The maximum absolute atomic E-state index is 10.5. The molecule has 1 fully saturated rings. The molecule has 2 rings (SSSR count). The third kappa shape index (κ3) is 4.15. The van der Waals surface area contributed by atoms with Gasteiger partial charge in [-0.1, -0.05) is 30.3 Å². The second-order valence-electron chi connectivity index (χ2n) is 5.03. The van der Waals surface area contributed by atoms with Crippen LogP contribution in [0.15, 0.2) is 30.3 Å². The summed E-state index contributed by atoms with van der Waals surface area (Å²) < 4.78 is 5.88. The maximum atomic E-state index is 10.5. The van der Waals surface area contributed by atoms with Crippen LogP contribution in [0.5, 0.6) is 0 Å². The zero-order valence-corrected chi connectivity index (χ0v) is 10.5. The van der Waals surface area contributed by atoms with Crippen LogP contribution in [0.25, 0.3) is 0 Å². The highest BCUT2D eigenvalue weighted by Crippen LogP contribution is 2.31. The average molecular weight is 248 g/mol. The summed E-state index contributed by atoms with van der Waals surface area (Å²) in [7, 11) is 0. The number of carboxylic acids is 1. The predicted molar refractivity (Wildman–Crippen MR) is 69.2 cm³/mol. The number of rotatable bonds is 6. The van der Waals surface area contributed by atoms with Crippen molar-refractivity contribution >= 4 is 5.97 Å². The molecule has 1 aliphatic carbocycles. The Bertz CT molecular complexity index is 375. The molecule has 1 aromatic carbocycles. The molecular weight excluding hydrogens is 228 g/mol. The molecule has 98 valence electrons. The van der Waals surface area contributed by atoms with Gasteiger partial charge in [0.25, 0.3) is 0 Å². The summed E-state index contributed by atoms with van der Waals surface area (Å²) in [5.74, 6) is -0.162. The SMILES string of the molecule is O=C(O)CCC1CCC(OCc2ccccc2)C1. The van der Waals surface area contributed by atoms with Crippen LogP contribution >= 0.6 is 0 Å². The molecule has 3 nitrogen and oxygen atoms in total. The lowest BCUT2D eigenvalue weighted by Gasteiger charge is -2.12. The summed E-state index contributed by atoms with van der Waals surface area (Å²) in [6.07, 6.45) is 4.57. The molecule has 0 radical (unpaired) electrons. The topological polar surface area (TPSA) is 46.5 Å². The summed E-state index contributed by atoms with van der Waals surface area (Å²) >= 11 is 0. The van der Waals surface area contributed by atoms with E-state index in [1.165, 1.54) is 5.56 Å². The molecule has 0 bridgehead atoms. The number of hydrogen-bond donors (Lipinski definition) is 1. The quantitative estimate of drug-likeness (QED) is 0.840. The van der Waals surface area contributed by atoms with Gasteiger partial charge >= 0.3 is 5.97 Å². The molecule has 0 aliphatic heterocycles.